The molecule has 2 fully saturated rings. The molecular formula is C11H20O4. The predicted molar refractivity (Wildman–Crippen MR) is 54.5 cm³/mol. The second-order valence-electron chi connectivity index (χ2n) is 4.62. The Bertz CT molecular complexity index is 225. The highest BCUT2D eigenvalue weighted by atomic mass is 16.8. The highest BCUT2D eigenvalue weighted by Gasteiger charge is 2.45. The van der Waals surface area contributed by atoms with Crippen molar-refractivity contribution >= 4 is 0 Å². The molecule has 1 N–H and O–H groups in total. The van der Waals surface area contributed by atoms with Crippen molar-refractivity contribution in [2.45, 2.75) is 50.6 Å². The molecule has 0 aromatic heterocycles. The van der Waals surface area contributed by atoms with Crippen LogP contribution in [0.5, 0.6) is 0 Å². The quantitative estimate of drug-likeness (QED) is 0.712. The summed E-state index contributed by atoms with van der Waals surface area (Å²) >= 11 is 0. The molecule has 2 aliphatic heterocycles. The molecule has 2 unspecified atom stereocenters. The second-order valence-corrected chi connectivity index (χ2v) is 4.62. The summed E-state index contributed by atoms with van der Waals surface area (Å²) in [6.07, 6.45) is 1.74. The van der Waals surface area contributed by atoms with E-state index >= 15 is 0 Å². The maximum atomic E-state index is 10.0. The molecule has 2 saturated heterocycles. The highest BCUT2D eigenvalue weighted by Crippen LogP contribution is 2.35. The van der Waals surface area contributed by atoms with Crippen molar-refractivity contribution in [3.63, 3.8) is 0 Å². The molecule has 0 amide bonds. The van der Waals surface area contributed by atoms with Gasteiger partial charge in [-0.05, 0) is 19.8 Å². The summed E-state index contributed by atoms with van der Waals surface area (Å²) in [5, 5.41) is 10.0. The van der Waals surface area contributed by atoms with Gasteiger partial charge in [0.15, 0.2) is 5.79 Å². The van der Waals surface area contributed by atoms with Gasteiger partial charge in [0.1, 0.15) is 6.61 Å². The SMILES string of the molecule is CCC1(C)OCC2(CCC1O)OCCO2. The van der Waals surface area contributed by atoms with Crippen molar-refractivity contribution < 1.29 is 19.3 Å². The van der Waals surface area contributed by atoms with Crippen molar-refractivity contribution in [3.05, 3.63) is 0 Å². The number of aliphatic hydroxyl groups is 1. The first-order chi connectivity index (χ1) is 7.10. The van der Waals surface area contributed by atoms with Gasteiger partial charge in [0.2, 0.25) is 0 Å². The van der Waals surface area contributed by atoms with Gasteiger partial charge in [0, 0.05) is 6.42 Å². The first-order valence-corrected chi connectivity index (χ1v) is 5.70. The first-order valence-electron chi connectivity index (χ1n) is 5.70. The normalized spacial score (nSPS) is 40.6. The number of rotatable bonds is 1. The molecule has 0 aliphatic carbocycles. The van der Waals surface area contributed by atoms with E-state index in [9.17, 15) is 5.11 Å². The molecule has 88 valence electrons. The van der Waals surface area contributed by atoms with Crippen molar-refractivity contribution in [3.8, 4) is 0 Å². The fraction of sp³-hybridized carbons (Fsp3) is 1.00. The van der Waals surface area contributed by atoms with Crippen molar-refractivity contribution in [2.24, 2.45) is 0 Å². The van der Waals surface area contributed by atoms with Crippen molar-refractivity contribution in [1.82, 2.24) is 0 Å². The Labute approximate surface area is 90.5 Å². The molecule has 0 aromatic carbocycles. The third-order valence-electron chi connectivity index (χ3n) is 3.64. The summed E-state index contributed by atoms with van der Waals surface area (Å²) in [5.74, 6) is -0.589. The molecule has 15 heavy (non-hydrogen) atoms. The molecular weight excluding hydrogens is 196 g/mol. The lowest BCUT2D eigenvalue weighted by atomic mass is 9.92. The van der Waals surface area contributed by atoms with Gasteiger partial charge >= 0.3 is 0 Å². The minimum atomic E-state index is -0.589. The third kappa shape index (κ3) is 2.04. The van der Waals surface area contributed by atoms with Crippen LogP contribution in [0.25, 0.3) is 0 Å². The standard InChI is InChI=1S/C11H20O4/c1-3-10(2)9(12)4-5-11(8-15-10)13-6-7-14-11/h9,12H,3-8H2,1-2H3. The van der Waals surface area contributed by atoms with Gasteiger partial charge < -0.3 is 19.3 Å². The lowest BCUT2D eigenvalue weighted by Crippen LogP contribution is -2.42. The lowest BCUT2D eigenvalue weighted by Gasteiger charge is -2.32. The number of hydrogen-bond donors (Lipinski definition) is 1. The average molecular weight is 216 g/mol. The zero-order chi connectivity index (χ0) is 10.9. The van der Waals surface area contributed by atoms with E-state index in [-0.39, 0.29) is 0 Å². The molecule has 4 heteroatoms. The molecule has 4 nitrogen and oxygen atoms in total. The van der Waals surface area contributed by atoms with Gasteiger partial charge in [-0.15, -0.1) is 0 Å². The molecule has 2 heterocycles. The fourth-order valence-electron chi connectivity index (χ4n) is 2.17. The summed E-state index contributed by atoms with van der Waals surface area (Å²) < 4.78 is 17.0. The van der Waals surface area contributed by atoms with Gasteiger partial charge in [0.25, 0.3) is 0 Å². The molecule has 0 aromatic rings. The van der Waals surface area contributed by atoms with E-state index < -0.39 is 17.5 Å². The van der Waals surface area contributed by atoms with Crippen LogP contribution in [0.4, 0.5) is 0 Å². The molecule has 2 rings (SSSR count). The van der Waals surface area contributed by atoms with Gasteiger partial charge in [0.05, 0.1) is 24.9 Å². The number of aliphatic hydroxyl groups excluding tert-OH is 1. The molecule has 2 aliphatic rings. The Balaban J connectivity index is 2.08. The summed E-state index contributed by atoms with van der Waals surface area (Å²) in [5.41, 5.74) is -0.460. The Morgan fingerprint density at radius 2 is 1.93 bits per heavy atom. The fourth-order valence-corrected chi connectivity index (χ4v) is 2.17. The molecule has 2 atom stereocenters. The monoisotopic (exact) mass is 216 g/mol. The van der Waals surface area contributed by atoms with Gasteiger partial charge in [-0.2, -0.15) is 0 Å². The second kappa shape index (κ2) is 4.01. The maximum Gasteiger partial charge on any atom is 0.192 e. The van der Waals surface area contributed by atoms with Crippen LogP contribution in [0.3, 0.4) is 0 Å². The van der Waals surface area contributed by atoms with Crippen LogP contribution in [0.15, 0.2) is 0 Å². The smallest absolute Gasteiger partial charge is 0.192 e. The minimum Gasteiger partial charge on any atom is -0.390 e. The van der Waals surface area contributed by atoms with Gasteiger partial charge in [-0.25, -0.2) is 0 Å². The van der Waals surface area contributed by atoms with Crippen LogP contribution in [-0.4, -0.2) is 42.4 Å². The van der Waals surface area contributed by atoms with E-state index in [4.69, 9.17) is 14.2 Å². The topological polar surface area (TPSA) is 47.9 Å². The summed E-state index contributed by atoms with van der Waals surface area (Å²) in [4.78, 5) is 0. The molecule has 1 spiro atoms. The van der Waals surface area contributed by atoms with E-state index in [1.54, 1.807) is 0 Å². The zero-order valence-electron chi connectivity index (χ0n) is 9.49. The average Bonchev–Trinajstić information content (AvgIpc) is 2.67. The minimum absolute atomic E-state index is 0.425. The van der Waals surface area contributed by atoms with Crippen molar-refractivity contribution in [2.75, 3.05) is 19.8 Å². The predicted octanol–water partition coefficient (Wildman–Crippen LogP) is 1.07. The Morgan fingerprint density at radius 3 is 2.53 bits per heavy atom. The Hall–Kier alpha value is -0.160. The lowest BCUT2D eigenvalue weighted by molar-refractivity contribution is -0.212. The van der Waals surface area contributed by atoms with Crippen LogP contribution >= 0.6 is 0 Å². The van der Waals surface area contributed by atoms with E-state index in [1.165, 1.54) is 0 Å². The van der Waals surface area contributed by atoms with E-state index in [0.717, 1.165) is 6.42 Å². The van der Waals surface area contributed by atoms with Crippen LogP contribution in [0.1, 0.15) is 33.1 Å². The van der Waals surface area contributed by atoms with E-state index in [1.807, 2.05) is 13.8 Å². The molecule has 0 saturated carbocycles. The summed E-state index contributed by atoms with van der Waals surface area (Å²) in [6, 6.07) is 0. The number of ether oxygens (including phenoxy) is 3. The highest BCUT2D eigenvalue weighted by molar-refractivity contribution is 4.90. The molecule has 0 bridgehead atoms. The van der Waals surface area contributed by atoms with Crippen LogP contribution < -0.4 is 0 Å². The van der Waals surface area contributed by atoms with E-state index in [0.29, 0.717) is 32.7 Å². The Kier molecular flexibility index (Phi) is 3.03. The van der Waals surface area contributed by atoms with Crippen LogP contribution in [-0.2, 0) is 14.2 Å². The first kappa shape index (κ1) is 11.3. The Morgan fingerprint density at radius 1 is 1.27 bits per heavy atom. The molecule has 0 radical (unpaired) electrons. The van der Waals surface area contributed by atoms with Crippen molar-refractivity contribution in [1.29, 1.82) is 0 Å². The summed E-state index contributed by atoms with van der Waals surface area (Å²) in [6.45, 7) is 5.65. The largest absolute Gasteiger partial charge is 0.390 e. The van der Waals surface area contributed by atoms with Gasteiger partial charge in [-0.3, -0.25) is 0 Å². The van der Waals surface area contributed by atoms with Gasteiger partial charge in [-0.1, -0.05) is 6.92 Å². The van der Waals surface area contributed by atoms with Crippen LogP contribution in [0.2, 0.25) is 0 Å². The van der Waals surface area contributed by atoms with E-state index in [2.05, 4.69) is 0 Å². The maximum absolute atomic E-state index is 10.0. The number of hydrogen-bond acceptors (Lipinski definition) is 4. The third-order valence-corrected chi connectivity index (χ3v) is 3.64. The van der Waals surface area contributed by atoms with Crippen LogP contribution in [0, 0.1) is 0 Å². The summed E-state index contributed by atoms with van der Waals surface area (Å²) in [7, 11) is 0. The zero-order valence-corrected chi connectivity index (χ0v) is 9.49.